The van der Waals surface area contributed by atoms with Crippen LogP contribution in [0.15, 0.2) is 24.5 Å². The summed E-state index contributed by atoms with van der Waals surface area (Å²) < 4.78 is 1.72. The van der Waals surface area contributed by atoms with Crippen LogP contribution in [0.4, 0.5) is 0 Å². The Kier molecular flexibility index (Phi) is 3.99. The number of hydrogen-bond acceptors (Lipinski definition) is 3. The van der Waals surface area contributed by atoms with Gasteiger partial charge in [-0.2, -0.15) is 5.10 Å². The summed E-state index contributed by atoms with van der Waals surface area (Å²) in [6, 6.07) is 3.75. The summed E-state index contributed by atoms with van der Waals surface area (Å²) in [5.41, 5.74) is 2.67. The molecule has 0 radical (unpaired) electrons. The van der Waals surface area contributed by atoms with Crippen LogP contribution < -0.4 is 0 Å². The Bertz CT molecular complexity index is 539. The fraction of sp³-hybridized carbons (Fsp3) is 0.385. The minimum atomic E-state index is -0.609. The third-order valence-electron chi connectivity index (χ3n) is 2.94. The van der Waals surface area contributed by atoms with Gasteiger partial charge in [-0.25, -0.2) is 0 Å². The topological polar surface area (TPSA) is 50.9 Å². The van der Waals surface area contributed by atoms with Gasteiger partial charge in [0.15, 0.2) is 0 Å². The van der Waals surface area contributed by atoms with Crippen molar-refractivity contribution in [3.63, 3.8) is 0 Å². The molecule has 2 aromatic rings. The van der Waals surface area contributed by atoms with Crippen molar-refractivity contribution in [3.8, 4) is 0 Å². The first-order valence-corrected chi connectivity index (χ1v) is 6.29. The lowest BCUT2D eigenvalue weighted by molar-refractivity contribution is 0.168. The van der Waals surface area contributed by atoms with E-state index in [4.69, 9.17) is 11.6 Å². The molecule has 2 aromatic heterocycles. The van der Waals surface area contributed by atoms with Crippen molar-refractivity contribution in [2.24, 2.45) is 7.05 Å². The second-order valence-corrected chi connectivity index (χ2v) is 4.63. The molecule has 0 aliphatic rings. The zero-order chi connectivity index (χ0) is 13.1. The molecule has 0 fully saturated rings. The normalized spacial score (nSPS) is 12.7. The minimum Gasteiger partial charge on any atom is -0.386 e. The summed E-state index contributed by atoms with van der Waals surface area (Å²) in [5, 5.41) is 15.2. The molecule has 4 nitrogen and oxygen atoms in total. The highest BCUT2D eigenvalue weighted by molar-refractivity contribution is 6.31. The number of nitrogens with zero attached hydrogens (tertiary/aromatic N) is 3. The summed E-state index contributed by atoms with van der Waals surface area (Å²) in [5.74, 6) is 0. The molecular weight excluding hydrogens is 250 g/mol. The van der Waals surface area contributed by atoms with E-state index in [0.29, 0.717) is 11.4 Å². The summed E-state index contributed by atoms with van der Waals surface area (Å²) in [6.45, 7) is 2.04. The Hall–Kier alpha value is -1.39. The van der Waals surface area contributed by atoms with Crippen LogP contribution in [0.25, 0.3) is 0 Å². The molecular formula is C13H16ClN3O. The van der Waals surface area contributed by atoms with Crippen molar-refractivity contribution in [2.75, 3.05) is 0 Å². The summed E-state index contributed by atoms with van der Waals surface area (Å²) >= 11 is 6.03. The van der Waals surface area contributed by atoms with Crippen LogP contribution in [0.3, 0.4) is 0 Å². The lowest BCUT2D eigenvalue weighted by atomic mass is 10.1. The fourth-order valence-electron chi connectivity index (χ4n) is 1.91. The average Bonchev–Trinajstić information content (AvgIpc) is 2.73. The van der Waals surface area contributed by atoms with E-state index >= 15 is 0 Å². The van der Waals surface area contributed by atoms with Gasteiger partial charge in [-0.1, -0.05) is 18.5 Å². The monoisotopic (exact) mass is 265 g/mol. The fourth-order valence-corrected chi connectivity index (χ4v) is 2.11. The van der Waals surface area contributed by atoms with E-state index in [1.54, 1.807) is 17.1 Å². The first-order valence-electron chi connectivity index (χ1n) is 5.91. The molecule has 1 N–H and O–H groups in total. The highest BCUT2D eigenvalue weighted by Crippen LogP contribution is 2.23. The third kappa shape index (κ3) is 2.71. The van der Waals surface area contributed by atoms with Gasteiger partial charge in [0.2, 0.25) is 0 Å². The van der Waals surface area contributed by atoms with E-state index < -0.39 is 6.10 Å². The van der Waals surface area contributed by atoms with Crippen LogP contribution >= 0.6 is 11.6 Å². The van der Waals surface area contributed by atoms with Crippen molar-refractivity contribution >= 4 is 11.6 Å². The molecule has 5 heteroatoms. The van der Waals surface area contributed by atoms with Gasteiger partial charge in [-0.05, 0) is 24.1 Å². The minimum absolute atomic E-state index is 0.462. The smallest absolute Gasteiger partial charge is 0.0997 e. The number of aliphatic hydroxyl groups excluding tert-OH is 1. The maximum atomic E-state index is 10.2. The van der Waals surface area contributed by atoms with Crippen LogP contribution in [0.1, 0.15) is 30.0 Å². The van der Waals surface area contributed by atoms with E-state index in [0.717, 1.165) is 23.4 Å². The zero-order valence-electron chi connectivity index (χ0n) is 10.5. The Morgan fingerprint density at radius 1 is 1.50 bits per heavy atom. The van der Waals surface area contributed by atoms with Gasteiger partial charge in [-0.3, -0.25) is 9.67 Å². The highest BCUT2D eigenvalue weighted by Gasteiger charge is 2.15. The van der Waals surface area contributed by atoms with Gasteiger partial charge in [0, 0.05) is 25.9 Å². The van der Waals surface area contributed by atoms with E-state index in [1.165, 1.54) is 0 Å². The molecule has 0 spiro atoms. The van der Waals surface area contributed by atoms with E-state index in [-0.39, 0.29) is 0 Å². The van der Waals surface area contributed by atoms with Crippen LogP contribution in [0.2, 0.25) is 5.02 Å². The Morgan fingerprint density at radius 2 is 2.28 bits per heavy atom. The maximum absolute atomic E-state index is 10.2. The van der Waals surface area contributed by atoms with Crippen molar-refractivity contribution in [1.29, 1.82) is 0 Å². The van der Waals surface area contributed by atoms with Gasteiger partial charge < -0.3 is 5.11 Å². The molecule has 18 heavy (non-hydrogen) atoms. The summed E-state index contributed by atoms with van der Waals surface area (Å²) in [6.07, 6.45) is 3.97. The number of halogens is 1. The van der Waals surface area contributed by atoms with Gasteiger partial charge in [-0.15, -0.1) is 0 Å². The van der Waals surface area contributed by atoms with Crippen LogP contribution in [-0.2, 0) is 19.9 Å². The molecule has 0 aromatic carbocycles. The molecule has 2 heterocycles. The van der Waals surface area contributed by atoms with Gasteiger partial charge >= 0.3 is 0 Å². The summed E-state index contributed by atoms with van der Waals surface area (Å²) in [7, 11) is 1.84. The quantitative estimate of drug-likeness (QED) is 0.923. The highest BCUT2D eigenvalue weighted by atomic mass is 35.5. The van der Waals surface area contributed by atoms with E-state index in [1.807, 2.05) is 26.1 Å². The lowest BCUT2D eigenvalue weighted by Crippen LogP contribution is -2.08. The third-order valence-corrected chi connectivity index (χ3v) is 3.28. The molecule has 0 aliphatic heterocycles. The van der Waals surface area contributed by atoms with Gasteiger partial charge in [0.25, 0.3) is 0 Å². The molecule has 0 amide bonds. The number of rotatable bonds is 4. The number of hydrogen-bond donors (Lipinski definition) is 1. The molecule has 1 atom stereocenters. The first kappa shape index (κ1) is 13.1. The second-order valence-electron chi connectivity index (χ2n) is 4.22. The predicted molar refractivity (Wildman–Crippen MR) is 70.5 cm³/mol. The number of aromatic nitrogens is 3. The van der Waals surface area contributed by atoms with Crippen LogP contribution in [0, 0.1) is 0 Å². The first-order chi connectivity index (χ1) is 8.61. The number of aliphatic hydroxyl groups is 1. The predicted octanol–water partition coefficient (Wildman–Crippen LogP) is 2.31. The standard InChI is InChI=1S/C13H16ClN3O/c1-3-10-7-12(17(2)16-10)13(18)6-9-4-5-15-8-11(9)14/h4-5,7-8,13,18H,3,6H2,1-2H3. The molecule has 1 unspecified atom stereocenters. The van der Waals surface area contributed by atoms with Crippen molar-refractivity contribution < 1.29 is 5.11 Å². The Morgan fingerprint density at radius 3 is 2.89 bits per heavy atom. The Labute approximate surface area is 111 Å². The summed E-state index contributed by atoms with van der Waals surface area (Å²) in [4.78, 5) is 3.93. The average molecular weight is 266 g/mol. The molecule has 2 rings (SSSR count). The Balaban J connectivity index is 2.19. The van der Waals surface area contributed by atoms with Gasteiger partial charge in [0.05, 0.1) is 22.5 Å². The molecule has 0 saturated carbocycles. The molecule has 0 bridgehead atoms. The zero-order valence-corrected chi connectivity index (χ0v) is 11.2. The lowest BCUT2D eigenvalue weighted by Gasteiger charge is -2.11. The SMILES string of the molecule is CCc1cc(C(O)Cc2ccncc2Cl)n(C)n1. The maximum Gasteiger partial charge on any atom is 0.0997 e. The van der Waals surface area contributed by atoms with Crippen LogP contribution in [0.5, 0.6) is 0 Å². The van der Waals surface area contributed by atoms with Crippen molar-refractivity contribution in [3.05, 3.63) is 46.5 Å². The van der Waals surface area contributed by atoms with Gasteiger partial charge in [0.1, 0.15) is 0 Å². The van der Waals surface area contributed by atoms with E-state index in [2.05, 4.69) is 10.1 Å². The van der Waals surface area contributed by atoms with Crippen molar-refractivity contribution in [1.82, 2.24) is 14.8 Å². The molecule has 0 saturated heterocycles. The number of aryl methyl sites for hydroxylation is 2. The molecule has 96 valence electrons. The van der Waals surface area contributed by atoms with E-state index in [9.17, 15) is 5.11 Å². The largest absolute Gasteiger partial charge is 0.386 e. The van der Waals surface area contributed by atoms with Crippen LogP contribution in [-0.4, -0.2) is 19.9 Å². The van der Waals surface area contributed by atoms with Crippen molar-refractivity contribution in [2.45, 2.75) is 25.9 Å². The second kappa shape index (κ2) is 5.50. The molecule has 0 aliphatic carbocycles. The number of pyridine rings is 1.